The molecule has 1 aliphatic carbocycles. The van der Waals surface area contributed by atoms with Gasteiger partial charge in [0, 0.05) is 12.6 Å². The molecule has 0 spiro atoms. The predicted octanol–water partition coefficient (Wildman–Crippen LogP) is 4.64. The number of aryl methyl sites for hydroxylation is 1. The van der Waals surface area contributed by atoms with E-state index >= 15 is 0 Å². The summed E-state index contributed by atoms with van der Waals surface area (Å²) in [5.41, 5.74) is 1.98. The van der Waals surface area contributed by atoms with E-state index in [1.807, 2.05) is 0 Å². The van der Waals surface area contributed by atoms with Gasteiger partial charge in [-0.1, -0.05) is 13.8 Å². The van der Waals surface area contributed by atoms with Crippen LogP contribution in [0.3, 0.4) is 0 Å². The second-order valence-electron chi connectivity index (χ2n) is 7.17. The molecular weight excluding hydrogens is 278 g/mol. The third-order valence-corrected chi connectivity index (χ3v) is 5.90. The molecule has 1 fully saturated rings. The van der Waals surface area contributed by atoms with Crippen LogP contribution < -0.4 is 5.32 Å². The van der Waals surface area contributed by atoms with E-state index in [1.54, 1.807) is 11.3 Å². The Kier molecular flexibility index (Phi) is 5.87. The van der Waals surface area contributed by atoms with Crippen LogP contribution in [0.5, 0.6) is 0 Å². The van der Waals surface area contributed by atoms with E-state index in [-0.39, 0.29) is 5.60 Å². The lowest BCUT2D eigenvalue weighted by Gasteiger charge is -2.47. The van der Waals surface area contributed by atoms with E-state index in [1.165, 1.54) is 31.2 Å². The molecule has 0 radical (unpaired) electrons. The predicted molar refractivity (Wildman–Crippen MR) is 92.1 cm³/mol. The maximum Gasteiger partial charge on any atom is 0.0835 e. The van der Waals surface area contributed by atoms with Crippen LogP contribution in [0, 0.1) is 5.41 Å². The largest absolute Gasteiger partial charge is 0.374 e. The first kappa shape index (κ1) is 17.0. The highest BCUT2D eigenvalue weighted by atomic mass is 32.1. The number of hydrogen-bond acceptors (Lipinski definition) is 3. The van der Waals surface area contributed by atoms with Crippen molar-refractivity contribution in [3.63, 3.8) is 0 Å². The van der Waals surface area contributed by atoms with Gasteiger partial charge in [-0.15, -0.1) is 0 Å². The van der Waals surface area contributed by atoms with E-state index in [0.717, 1.165) is 19.4 Å². The van der Waals surface area contributed by atoms with Crippen LogP contribution in [-0.2, 0) is 11.2 Å². The van der Waals surface area contributed by atoms with Gasteiger partial charge in [0.2, 0.25) is 0 Å². The number of nitrogens with one attached hydrogen (secondary N) is 1. The molecule has 0 aromatic carbocycles. The molecule has 3 heteroatoms. The Morgan fingerprint density at radius 3 is 2.52 bits per heavy atom. The lowest BCUT2D eigenvalue weighted by molar-refractivity contribution is -0.106. The van der Waals surface area contributed by atoms with E-state index in [2.05, 4.69) is 50.0 Å². The van der Waals surface area contributed by atoms with Crippen LogP contribution in [0.4, 0.5) is 0 Å². The molecular formula is C18H31NOS. The van der Waals surface area contributed by atoms with Gasteiger partial charge in [-0.2, -0.15) is 11.3 Å². The molecule has 1 aromatic heterocycles. The Morgan fingerprint density at radius 1 is 1.29 bits per heavy atom. The SMILES string of the molecule is CCOC1(C(CCc2ccsc2)NC)CCC(C)(C)CC1. The Labute approximate surface area is 134 Å². The second kappa shape index (κ2) is 7.26. The highest BCUT2D eigenvalue weighted by Gasteiger charge is 2.43. The fraction of sp³-hybridized carbons (Fsp3) is 0.778. The number of rotatable bonds is 7. The number of likely N-dealkylation sites (N-methyl/N-ethyl adjacent to an activating group) is 1. The van der Waals surface area contributed by atoms with Crippen LogP contribution in [0.15, 0.2) is 16.8 Å². The molecule has 0 saturated heterocycles. The number of ether oxygens (including phenoxy) is 1. The summed E-state index contributed by atoms with van der Waals surface area (Å²) in [7, 11) is 2.10. The highest BCUT2D eigenvalue weighted by Crippen LogP contribution is 2.44. The molecule has 2 rings (SSSR count). The van der Waals surface area contributed by atoms with E-state index < -0.39 is 0 Å². The molecule has 1 heterocycles. The molecule has 1 atom stereocenters. The summed E-state index contributed by atoms with van der Waals surface area (Å²) in [4.78, 5) is 0. The van der Waals surface area contributed by atoms with Gasteiger partial charge in [0.15, 0.2) is 0 Å². The Morgan fingerprint density at radius 2 is 2.00 bits per heavy atom. The zero-order chi connectivity index (χ0) is 15.3. The van der Waals surface area contributed by atoms with Gasteiger partial charge in [-0.3, -0.25) is 0 Å². The lowest BCUT2D eigenvalue weighted by Crippen LogP contribution is -2.54. The van der Waals surface area contributed by atoms with Crippen molar-refractivity contribution in [3.05, 3.63) is 22.4 Å². The van der Waals surface area contributed by atoms with Crippen LogP contribution >= 0.6 is 11.3 Å². The standard InChI is InChI=1S/C18H31NOS/c1-5-20-18(11-9-17(2,3)10-12-18)16(19-4)7-6-15-8-13-21-14-15/h8,13-14,16,19H,5-7,9-12H2,1-4H3. The monoisotopic (exact) mass is 309 g/mol. The summed E-state index contributed by atoms with van der Waals surface area (Å²) in [6.07, 6.45) is 7.21. The summed E-state index contributed by atoms with van der Waals surface area (Å²) in [6, 6.07) is 2.70. The second-order valence-corrected chi connectivity index (χ2v) is 7.95. The van der Waals surface area contributed by atoms with Crippen LogP contribution in [0.1, 0.15) is 58.4 Å². The first-order chi connectivity index (χ1) is 10.0. The summed E-state index contributed by atoms with van der Waals surface area (Å²) in [5, 5.41) is 8.01. The first-order valence-electron chi connectivity index (χ1n) is 8.34. The van der Waals surface area contributed by atoms with E-state index in [4.69, 9.17) is 4.74 Å². The van der Waals surface area contributed by atoms with Crippen molar-refractivity contribution in [2.45, 2.75) is 70.9 Å². The molecule has 0 aliphatic heterocycles. The summed E-state index contributed by atoms with van der Waals surface area (Å²) < 4.78 is 6.33. The average molecular weight is 310 g/mol. The molecule has 1 aromatic rings. The minimum atomic E-state index is 0.0367. The van der Waals surface area contributed by atoms with Crippen molar-refractivity contribution >= 4 is 11.3 Å². The van der Waals surface area contributed by atoms with Crippen LogP contribution in [0.25, 0.3) is 0 Å². The van der Waals surface area contributed by atoms with Crippen molar-refractivity contribution in [3.8, 4) is 0 Å². The Balaban J connectivity index is 2.03. The van der Waals surface area contributed by atoms with Crippen molar-refractivity contribution in [2.75, 3.05) is 13.7 Å². The van der Waals surface area contributed by atoms with Crippen molar-refractivity contribution in [1.82, 2.24) is 5.32 Å². The lowest BCUT2D eigenvalue weighted by atomic mass is 9.67. The van der Waals surface area contributed by atoms with Gasteiger partial charge >= 0.3 is 0 Å². The van der Waals surface area contributed by atoms with Gasteiger partial charge in [0.25, 0.3) is 0 Å². The summed E-state index contributed by atoms with van der Waals surface area (Å²) >= 11 is 1.79. The molecule has 0 amide bonds. The first-order valence-corrected chi connectivity index (χ1v) is 9.28. The van der Waals surface area contributed by atoms with Gasteiger partial charge in [-0.05, 0) is 80.3 Å². The number of hydrogen-bond donors (Lipinski definition) is 1. The molecule has 120 valence electrons. The van der Waals surface area contributed by atoms with E-state index in [9.17, 15) is 0 Å². The van der Waals surface area contributed by atoms with Gasteiger partial charge in [-0.25, -0.2) is 0 Å². The molecule has 2 nitrogen and oxygen atoms in total. The van der Waals surface area contributed by atoms with Crippen LogP contribution in [-0.4, -0.2) is 25.3 Å². The normalized spacial score (nSPS) is 22.1. The molecule has 21 heavy (non-hydrogen) atoms. The van der Waals surface area contributed by atoms with Crippen LogP contribution in [0.2, 0.25) is 0 Å². The Bertz CT molecular complexity index is 403. The molecule has 1 saturated carbocycles. The van der Waals surface area contributed by atoms with Gasteiger partial charge < -0.3 is 10.1 Å². The minimum absolute atomic E-state index is 0.0367. The zero-order valence-corrected chi connectivity index (χ0v) is 14.9. The Hall–Kier alpha value is -0.380. The van der Waals surface area contributed by atoms with Gasteiger partial charge in [0.05, 0.1) is 5.60 Å². The maximum absolute atomic E-state index is 6.33. The number of thiophene rings is 1. The topological polar surface area (TPSA) is 21.3 Å². The summed E-state index contributed by atoms with van der Waals surface area (Å²) in [5.74, 6) is 0. The quantitative estimate of drug-likeness (QED) is 0.792. The zero-order valence-electron chi connectivity index (χ0n) is 14.1. The van der Waals surface area contributed by atoms with E-state index in [0.29, 0.717) is 11.5 Å². The van der Waals surface area contributed by atoms with Crippen molar-refractivity contribution < 1.29 is 4.74 Å². The third kappa shape index (κ3) is 4.30. The average Bonchev–Trinajstić information content (AvgIpc) is 2.96. The third-order valence-electron chi connectivity index (χ3n) is 5.17. The maximum atomic E-state index is 6.33. The minimum Gasteiger partial charge on any atom is -0.374 e. The summed E-state index contributed by atoms with van der Waals surface area (Å²) in [6.45, 7) is 7.73. The molecule has 1 aliphatic rings. The highest BCUT2D eigenvalue weighted by molar-refractivity contribution is 7.07. The molecule has 0 bridgehead atoms. The van der Waals surface area contributed by atoms with Gasteiger partial charge in [0.1, 0.15) is 0 Å². The van der Waals surface area contributed by atoms with Crippen molar-refractivity contribution in [2.24, 2.45) is 5.41 Å². The fourth-order valence-electron chi connectivity index (χ4n) is 3.65. The fourth-order valence-corrected chi connectivity index (χ4v) is 4.35. The molecule has 1 N–H and O–H groups in total. The molecule has 1 unspecified atom stereocenters. The van der Waals surface area contributed by atoms with Crippen molar-refractivity contribution in [1.29, 1.82) is 0 Å². The smallest absolute Gasteiger partial charge is 0.0835 e.